The number of esters is 1. The summed E-state index contributed by atoms with van der Waals surface area (Å²) in [4.78, 5) is 46.9. The molecular formula is C17H16N4O6S. The van der Waals surface area contributed by atoms with Crippen LogP contribution in [0.15, 0.2) is 41.1 Å². The van der Waals surface area contributed by atoms with E-state index in [1.807, 2.05) is 0 Å². The van der Waals surface area contributed by atoms with Crippen LogP contribution in [0.2, 0.25) is 0 Å². The molecule has 2 aromatic rings. The van der Waals surface area contributed by atoms with Gasteiger partial charge in [0, 0.05) is 12.1 Å². The van der Waals surface area contributed by atoms with Gasteiger partial charge in [-0.2, -0.15) is 11.3 Å². The van der Waals surface area contributed by atoms with E-state index in [0.717, 1.165) is 0 Å². The first-order chi connectivity index (χ1) is 13.3. The van der Waals surface area contributed by atoms with Crippen LogP contribution in [-0.2, 0) is 25.7 Å². The fourth-order valence-corrected chi connectivity index (χ4v) is 3.22. The smallest absolute Gasteiger partial charge is 0.323 e. The summed E-state index contributed by atoms with van der Waals surface area (Å²) in [7, 11) is 0. The Kier molecular flexibility index (Phi) is 5.38. The molecule has 1 aromatic heterocycles. The van der Waals surface area contributed by atoms with Crippen molar-refractivity contribution >= 4 is 34.8 Å². The number of nitro groups is 1. The standard InChI is InChI=1S/C17H16N4O6S/c18-17(9-19-16(17)24)20-14(22)13(11-5-6-28-8-11)15(23)27-7-10-1-3-12(4-2-10)21(25)26/h1-6,8,13H,7,9,18H2,(H,19,24)(H,20,22). The molecule has 28 heavy (non-hydrogen) atoms. The van der Waals surface area contributed by atoms with E-state index in [9.17, 15) is 24.5 Å². The number of nitro benzene ring substituents is 1. The molecule has 1 aromatic carbocycles. The Bertz CT molecular complexity index is 914. The zero-order valence-corrected chi connectivity index (χ0v) is 15.2. The summed E-state index contributed by atoms with van der Waals surface area (Å²) in [5.41, 5.74) is 5.10. The molecule has 2 heterocycles. The summed E-state index contributed by atoms with van der Waals surface area (Å²) >= 11 is 1.30. The zero-order valence-electron chi connectivity index (χ0n) is 14.4. The Morgan fingerprint density at radius 1 is 1.36 bits per heavy atom. The molecule has 0 aliphatic carbocycles. The first-order valence-electron chi connectivity index (χ1n) is 8.11. The van der Waals surface area contributed by atoms with Crippen molar-refractivity contribution in [2.75, 3.05) is 6.54 Å². The van der Waals surface area contributed by atoms with Gasteiger partial charge >= 0.3 is 5.97 Å². The van der Waals surface area contributed by atoms with Gasteiger partial charge in [-0.3, -0.25) is 30.2 Å². The largest absolute Gasteiger partial charge is 0.460 e. The third kappa shape index (κ3) is 4.00. The minimum absolute atomic E-state index is 0.0613. The number of non-ortho nitro benzene ring substituents is 1. The second kappa shape index (κ2) is 7.74. The summed E-state index contributed by atoms with van der Waals surface area (Å²) in [6.07, 6.45) is 0. The Hall–Kier alpha value is -3.31. The summed E-state index contributed by atoms with van der Waals surface area (Å²) in [5.74, 6) is -3.40. The number of amides is 2. The van der Waals surface area contributed by atoms with Crippen molar-refractivity contribution < 1.29 is 24.0 Å². The number of nitrogens with two attached hydrogens (primary N) is 1. The van der Waals surface area contributed by atoms with Crippen molar-refractivity contribution in [3.63, 3.8) is 0 Å². The Morgan fingerprint density at radius 2 is 2.07 bits per heavy atom. The molecule has 11 heteroatoms. The maximum atomic E-state index is 12.6. The van der Waals surface area contributed by atoms with Gasteiger partial charge in [0.25, 0.3) is 11.6 Å². The average Bonchev–Trinajstić information content (AvgIpc) is 3.19. The topological polar surface area (TPSA) is 154 Å². The van der Waals surface area contributed by atoms with E-state index < -0.39 is 34.3 Å². The highest BCUT2D eigenvalue weighted by molar-refractivity contribution is 7.08. The van der Waals surface area contributed by atoms with Gasteiger partial charge in [-0.1, -0.05) is 0 Å². The maximum absolute atomic E-state index is 12.6. The van der Waals surface area contributed by atoms with Crippen molar-refractivity contribution in [1.29, 1.82) is 0 Å². The van der Waals surface area contributed by atoms with Crippen molar-refractivity contribution in [1.82, 2.24) is 10.6 Å². The molecular weight excluding hydrogens is 388 g/mol. The maximum Gasteiger partial charge on any atom is 0.323 e. The zero-order chi connectivity index (χ0) is 20.3. The molecule has 1 fully saturated rings. The highest BCUT2D eigenvalue weighted by Crippen LogP contribution is 2.23. The lowest BCUT2D eigenvalue weighted by Crippen LogP contribution is -2.78. The van der Waals surface area contributed by atoms with Gasteiger partial charge < -0.3 is 15.4 Å². The molecule has 3 rings (SSSR count). The van der Waals surface area contributed by atoms with Gasteiger partial charge in [0.1, 0.15) is 6.61 Å². The number of nitrogens with one attached hydrogen (secondary N) is 2. The Balaban J connectivity index is 1.69. The molecule has 1 aliphatic rings. The SMILES string of the molecule is NC1(NC(=O)C(C(=O)OCc2ccc([N+](=O)[O-])cc2)c2ccsc2)CNC1=O. The van der Waals surface area contributed by atoms with Gasteiger partial charge in [0.05, 0.1) is 11.5 Å². The number of nitrogens with zero attached hydrogens (tertiary/aromatic N) is 1. The van der Waals surface area contributed by atoms with Gasteiger partial charge in [-0.25, -0.2) is 0 Å². The van der Waals surface area contributed by atoms with Gasteiger partial charge in [0.2, 0.25) is 5.91 Å². The summed E-state index contributed by atoms with van der Waals surface area (Å²) < 4.78 is 5.22. The molecule has 10 nitrogen and oxygen atoms in total. The fourth-order valence-electron chi connectivity index (χ4n) is 2.53. The molecule has 2 amide bonds. The van der Waals surface area contributed by atoms with E-state index >= 15 is 0 Å². The summed E-state index contributed by atoms with van der Waals surface area (Å²) in [5, 5.41) is 18.8. The monoisotopic (exact) mass is 404 g/mol. The molecule has 2 unspecified atom stereocenters. The number of β-lactam (4-membered cyclic amide) rings is 1. The van der Waals surface area contributed by atoms with E-state index in [2.05, 4.69) is 10.6 Å². The first-order valence-corrected chi connectivity index (χ1v) is 9.06. The average molecular weight is 404 g/mol. The van der Waals surface area contributed by atoms with E-state index in [-0.39, 0.29) is 18.8 Å². The minimum atomic E-state index is -1.55. The lowest BCUT2D eigenvalue weighted by Gasteiger charge is -2.38. The lowest BCUT2D eigenvalue weighted by atomic mass is 9.98. The number of hydrogen-bond acceptors (Lipinski definition) is 8. The van der Waals surface area contributed by atoms with Crippen LogP contribution >= 0.6 is 11.3 Å². The van der Waals surface area contributed by atoms with Crippen molar-refractivity contribution in [2.45, 2.75) is 18.2 Å². The van der Waals surface area contributed by atoms with Gasteiger partial charge in [-0.05, 0) is 40.1 Å². The molecule has 4 N–H and O–H groups in total. The van der Waals surface area contributed by atoms with Crippen LogP contribution in [0.1, 0.15) is 17.0 Å². The van der Waals surface area contributed by atoms with Crippen LogP contribution in [-0.4, -0.2) is 34.9 Å². The second-order valence-corrected chi connectivity index (χ2v) is 6.94. The number of carbonyl (C=O) groups excluding carboxylic acids is 3. The van der Waals surface area contributed by atoms with Crippen LogP contribution in [0.5, 0.6) is 0 Å². The van der Waals surface area contributed by atoms with Crippen LogP contribution in [0.25, 0.3) is 0 Å². The normalized spacial score (nSPS) is 19.1. The molecule has 1 saturated heterocycles. The number of thiophene rings is 1. The highest BCUT2D eigenvalue weighted by Gasteiger charge is 2.46. The van der Waals surface area contributed by atoms with Gasteiger partial charge in [0.15, 0.2) is 11.6 Å². The molecule has 1 aliphatic heterocycles. The molecule has 0 radical (unpaired) electrons. The quantitative estimate of drug-likeness (QED) is 0.151. The molecule has 0 spiro atoms. The lowest BCUT2D eigenvalue weighted by molar-refractivity contribution is -0.384. The molecule has 2 atom stereocenters. The van der Waals surface area contributed by atoms with Crippen LogP contribution in [0.4, 0.5) is 5.69 Å². The number of benzene rings is 1. The number of carbonyl (C=O) groups is 3. The third-order valence-corrected chi connectivity index (χ3v) is 4.88. The number of hydrogen-bond donors (Lipinski definition) is 3. The second-order valence-electron chi connectivity index (χ2n) is 6.16. The van der Waals surface area contributed by atoms with Crippen LogP contribution < -0.4 is 16.4 Å². The highest BCUT2D eigenvalue weighted by atomic mass is 32.1. The predicted octanol–water partition coefficient (Wildman–Crippen LogP) is 0.384. The van der Waals surface area contributed by atoms with E-state index in [1.54, 1.807) is 16.8 Å². The van der Waals surface area contributed by atoms with E-state index in [1.165, 1.54) is 35.6 Å². The third-order valence-electron chi connectivity index (χ3n) is 4.18. The Morgan fingerprint density at radius 3 is 2.57 bits per heavy atom. The molecule has 146 valence electrons. The number of ether oxygens (including phenoxy) is 1. The first kappa shape index (κ1) is 19.5. The Labute approximate surface area is 162 Å². The molecule has 0 bridgehead atoms. The van der Waals surface area contributed by atoms with E-state index in [0.29, 0.717) is 11.1 Å². The minimum Gasteiger partial charge on any atom is -0.460 e. The van der Waals surface area contributed by atoms with Crippen molar-refractivity contribution in [3.8, 4) is 0 Å². The van der Waals surface area contributed by atoms with Crippen LogP contribution in [0.3, 0.4) is 0 Å². The fraction of sp³-hybridized carbons (Fsp3) is 0.235. The van der Waals surface area contributed by atoms with Gasteiger partial charge in [-0.15, -0.1) is 0 Å². The van der Waals surface area contributed by atoms with E-state index in [4.69, 9.17) is 10.5 Å². The van der Waals surface area contributed by atoms with Crippen molar-refractivity contribution in [2.24, 2.45) is 5.73 Å². The predicted molar refractivity (Wildman–Crippen MR) is 98.0 cm³/mol. The summed E-state index contributed by atoms with van der Waals surface area (Å²) in [6, 6.07) is 7.10. The van der Waals surface area contributed by atoms with Crippen molar-refractivity contribution in [3.05, 3.63) is 62.3 Å². The molecule has 0 saturated carbocycles. The summed E-state index contributed by atoms with van der Waals surface area (Å²) in [6.45, 7) is -0.106. The van der Waals surface area contributed by atoms with Crippen LogP contribution in [0, 0.1) is 10.1 Å². The number of rotatable bonds is 7.